The van der Waals surface area contributed by atoms with Crippen LogP contribution in [0.5, 0.6) is 11.5 Å². The third-order valence-electron chi connectivity index (χ3n) is 2.44. The highest BCUT2D eigenvalue weighted by atomic mass is 16.5. The Bertz CT molecular complexity index is 491. The molecule has 20 heavy (non-hydrogen) atoms. The van der Waals surface area contributed by atoms with Gasteiger partial charge in [-0.3, -0.25) is 0 Å². The maximum absolute atomic E-state index is 11.6. The lowest BCUT2D eigenvalue weighted by Gasteiger charge is -2.15. The summed E-state index contributed by atoms with van der Waals surface area (Å²) in [5.74, 6) is -0.425. The summed E-state index contributed by atoms with van der Waals surface area (Å²) in [6.45, 7) is -0.706. The van der Waals surface area contributed by atoms with E-state index in [0.717, 1.165) is 0 Å². The topological polar surface area (TPSA) is 117 Å². The fraction of sp³-hybridized carbons (Fsp3) is 0.333. The minimum atomic E-state index is -1.38. The number of hydrogen-bond donors (Lipinski definition) is 4. The number of hydrogen-bond acceptors (Lipinski definition) is 5. The van der Waals surface area contributed by atoms with Gasteiger partial charge in [0, 0.05) is 6.07 Å². The van der Waals surface area contributed by atoms with Crippen LogP contribution in [-0.4, -0.2) is 49.1 Å². The second kappa shape index (κ2) is 7.19. The number of rotatable bonds is 6. The molecule has 1 aromatic rings. The zero-order valence-corrected chi connectivity index (χ0v) is 11.0. The average Bonchev–Trinajstić information content (AvgIpc) is 2.44. The van der Waals surface area contributed by atoms with Crippen LogP contribution in [0.15, 0.2) is 18.2 Å². The third kappa shape index (κ3) is 4.02. The number of urea groups is 1. The van der Waals surface area contributed by atoms with Crippen LogP contribution in [-0.2, 0) is 4.79 Å². The number of carboxylic acid groups (broad SMARTS) is 1. The van der Waals surface area contributed by atoms with Gasteiger partial charge in [-0.05, 0) is 12.1 Å². The van der Waals surface area contributed by atoms with Gasteiger partial charge in [-0.2, -0.15) is 0 Å². The minimum Gasteiger partial charge on any atom is -0.497 e. The number of amides is 2. The Labute approximate surface area is 115 Å². The van der Waals surface area contributed by atoms with E-state index >= 15 is 0 Å². The zero-order chi connectivity index (χ0) is 15.1. The molecule has 8 nitrogen and oxygen atoms in total. The van der Waals surface area contributed by atoms with Crippen LogP contribution < -0.4 is 20.1 Å². The second-order valence-corrected chi connectivity index (χ2v) is 3.74. The predicted molar refractivity (Wildman–Crippen MR) is 70.2 cm³/mol. The third-order valence-corrected chi connectivity index (χ3v) is 2.44. The molecule has 4 N–H and O–H groups in total. The summed E-state index contributed by atoms with van der Waals surface area (Å²) in [6.07, 6.45) is 0. The standard InChI is InChI=1S/C12H16N2O6/c1-19-7-3-4-8(10(5-7)20-2)13-12(18)14-9(6-15)11(16)17/h3-5,9,15H,6H2,1-2H3,(H,16,17)(H2,13,14,18). The van der Waals surface area contributed by atoms with Gasteiger partial charge in [0.25, 0.3) is 0 Å². The molecule has 8 heteroatoms. The number of aliphatic hydroxyl groups excluding tert-OH is 1. The molecule has 0 aliphatic heterocycles. The Balaban J connectivity index is 2.77. The largest absolute Gasteiger partial charge is 0.497 e. The van der Waals surface area contributed by atoms with Gasteiger partial charge in [-0.1, -0.05) is 0 Å². The number of carboxylic acids is 1. The monoisotopic (exact) mass is 284 g/mol. The van der Waals surface area contributed by atoms with E-state index in [2.05, 4.69) is 10.6 Å². The molecule has 0 bridgehead atoms. The Morgan fingerprint density at radius 1 is 1.30 bits per heavy atom. The lowest BCUT2D eigenvalue weighted by Crippen LogP contribution is -2.45. The molecule has 0 heterocycles. The van der Waals surface area contributed by atoms with E-state index < -0.39 is 24.6 Å². The van der Waals surface area contributed by atoms with Crippen molar-refractivity contribution in [3.8, 4) is 11.5 Å². The lowest BCUT2D eigenvalue weighted by atomic mass is 10.2. The molecule has 1 unspecified atom stereocenters. The van der Waals surface area contributed by atoms with Gasteiger partial charge >= 0.3 is 12.0 Å². The number of aliphatic hydroxyl groups is 1. The number of anilines is 1. The first-order valence-electron chi connectivity index (χ1n) is 5.65. The van der Waals surface area contributed by atoms with E-state index in [1.54, 1.807) is 18.2 Å². The first-order valence-corrected chi connectivity index (χ1v) is 5.65. The van der Waals surface area contributed by atoms with E-state index in [1.807, 2.05) is 0 Å². The summed E-state index contributed by atoms with van der Waals surface area (Å²) in [7, 11) is 2.92. The molecule has 0 aromatic heterocycles. The molecule has 0 aliphatic rings. The SMILES string of the molecule is COc1ccc(NC(=O)NC(CO)C(=O)O)c(OC)c1. The summed E-state index contributed by atoms with van der Waals surface area (Å²) in [4.78, 5) is 22.3. The van der Waals surface area contributed by atoms with Crippen molar-refractivity contribution in [3.05, 3.63) is 18.2 Å². The van der Waals surface area contributed by atoms with Gasteiger partial charge in [0.2, 0.25) is 0 Å². The lowest BCUT2D eigenvalue weighted by molar-refractivity contribution is -0.140. The molecule has 0 spiro atoms. The van der Waals surface area contributed by atoms with Crippen molar-refractivity contribution >= 4 is 17.7 Å². The Morgan fingerprint density at radius 3 is 2.50 bits per heavy atom. The summed E-state index contributed by atoms with van der Waals surface area (Å²) in [6, 6.07) is 2.58. The zero-order valence-electron chi connectivity index (χ0n) is 11.0. The molecule has 1 rings (SSSR count). The first kappa shape index (κ1) is 15.6. The maximum Gasteiger partial charge on any atom is 0.328 e. The highest BCUT2D eigenvalue weighted by molar-refractivity contribution is 5.93. The average molecular weight is 284 g/mol. The van der Waals surface area contributed by atoms with Crippen molar-refractivity contribution < 1.29 is 29.3 Å². The predicted octanol–water partition coefficient (Wildman–Crippen LogP) is 0.271. The van der Waals surface area contributed by atoms with E-state index in [-0.39, 0.29) is 0 Å². The van der Waals surface area contributed by atoms with Crippen LogP contribution in [0, 0.1) is 0 Å². The second-order valence-electron chi connectivity index (χ2n) is 3.74. The smallest absolute Gasteiger partial charge is 0.328 e. The number of benzene rings is 1. The molecular formula is C12H16N2O6. The molecule has 2 amide bonds. The molecule has 0 saturated heterocycles. The molecular weight excluding hydrogens is 268 g/mol. The van der Waals surface area contributed by atoms with E-state index in [9.17, 15) is 9.59 Å². The fourth-order valence-corrected chi connectivity index (χ4v) is 1.40. The van der Waals surface area contributed by atoms with E-state index in [1.165, 1.54) is 14.2 Å². The molecule has 0 fully saturated rings. The Hall–Kier alpha value is -2.48. The minimum absolute atomic E-state index is 0.341. The van der Waals surface area contributed by atoms with Crippen molar-refractivity contribution in [1.29, 1.82) is 0 Å². The number of carbonyl (C=O) groups excluding carboxylic acids is 1. The number of aliphatic carboxylic acids is 1. The number of carbonyl (C=O) groups is 2. The summed E-state index contributed by atoms with van der Waals surface area (Å²) < 4.78 is 10.1. The molecule has 1 aromatic carbocycles. The van der Waals surface area contributed by atoms with Crippen molar-refractivity contribution in [3.63, 3.8) is 0 Å². The summed E-state index contributed by atoms with van der Waals surface area (Å²) in [5.41, 5.74) is 0.341. The highest BCUT2D eigenvalue weighted by Crippen LogP contribution is 2.28. The summed E-state index contributed by atoms with van der Waals surface area (Å²) >= 11 is 0. The Kier molecular flexibility index (Phi) is 5.60. The first-order chi connectivity index (χ1) is 9.51. The van der Waals surface area contributed by atoms with Crippen LogP contribution >= 0.6 is 0 Å². The van der Waals surface area contributed by atoms with Gasteiger partial charge in [0.15, 0.2) is 6.04 Å². The van der Waals surface area contributed by atoms with E-state index in [4.69, 9.17) is 19.7 Å². The normalized spacial score (nSPS) is 11.3. The van der Waals surface area contributed by atoms with Crippen LogP contribution in [0.2, 0.25) is 0 Å². The number of methoxy groups -OCH3 is 2. The molecule has 0 radical (unpaired) electrons. The van der Waals surface area contributed by atoms with Gasteiger partial charge < -0.3 is 30.3 Å². The number of nitrogens with one attached hydrogen (secondary N) is 2. The quantitative estimate of drug-likeness (QED) is 0.595. The van der Waals surface area contributed by atoms with Gasteiger partial charge in [0.05, 0.1) is 26.5 Å². The van der Waals surface area contributed by atoms with Crippen LogP contribution in [0.25, 0.3) is 0 Å². The van der Waals surface area contributed by atoms with Crippen molar-refractivity contribution in [2.75, 3.05) is 26.1 Å². The molecule has 1 atom stereocenters. The van der Waals surface area contributed by atoms with E-state index in [0.29, 0.717) is 17.2 Å². The maximum atomic E-state index is 11.6. The highest BCUT2D eigenvalue weighted by Gasteiger charge is 2.19. The fourth-order valence-electron chi connectivity index (χ4n) is 1.40. The van der Waals surface area contributed by atoms with Crippen molar-refractivity contribution in [2.24, 2.45) is 0 Å². The van der Waals surface area contributed by atoms with Gasteiger partial charge in [-0.15, -0.1) is 0 Å². The molecule has 0 saturated carbocycles. The van der Waals surface area contributed by atoms with Crippen LogP contribution in [0.4, 0.5) is 10.5 Å². The molecule has 0 aliphatic carbocycles. The Morgan fingerprint density at radius 2 is 2.00 bits per heavy atom. The van der Waals surface area contributed by atoms with Crippen molar-refractivity contribution in [1.82, 2.24) is 5.32 Å². The van der Waals surface area contributed by atoms with Crippen LogP contribution in [0.1, 0.15) is 0 Å². The van der Waals surface area contributed by atoms with Gasteiger partial charge in [0.1, 0.15) is 11.5 Å². The van der Waals surface area contributed by atoms with Crippen LogP contribution in [0.3, 0.4) is 0 Å². The molecule has 110 valence electrons. The number of ether oxygens (including phenoxy) is 2. The summed E-state index contributed by atoms with van der Waals surface area (Å²) in [5, 5.41) is 22.1. The van der Waals surface area contributed by atoms with Gasteiger partial charge in [-0.25, -0.2) is 9.59 Å². The van der Waals surface area contributed by atoms with Crippen molar-refractivity contribution in [2.45, 2.75) is 6.04 Å².